The molecule has 3 nitrogen and oxygen atoms in total. The number of benzene rings is 1. The zero-order chi connectivity index (χ0) is 14.5. The van der Waals surface area contributed by atoms with E-state index in [1.807, 2.05) is 23.5 Å². The van der Waals surface area contributed by atoms with E-state index in [1.54, 1.807) is 12.4 Å². The molecule has 0 unspecified atom stereocenters. The SMILES string of the molecule is CCNCc1sc2ccccc2c1COc1cccnc1. The number of nitrogens with zero attached hydrogens (tertiary/aromatic N) is 1. The van der Waals surface area contributed by atoms with Crippen molar-refractivity contribution in [2.45, 2.75) is 20.1 Å². The molecule has 0 bridgehead atoms. The van der Waals surface area contributed by atoms with Gasteiger partial charge in [-0.25, -0.2) is 0 Å². The normalized spacial score (nSPS) is 10.9. The Labute approximate surface area is 128 Å². The van der Waals surface area contributed by atoms with Crippen molar-refractivity contribution in [2.75, 3.05) is 6.54 Å². The summed E-state index contributed by atoms with van der Waals surface area (Å²) in [6.45, 7) is 4.56. The summed E-state index contributed by atoms with van der Waals surface area (Å²) in [6.07, 6.45) is 3.50. The molecule has 108 valence electrons. The van der Waals surface area contributed by atoms with Gasteiger partial charge in [0.25, 0.3) is 0 Å². The van der Waals surface area contributed by atoms with E-state index in [-0.39, 0.29) is 0 Å². The van der Waals surface area contributed by atoms with Gasteiger partial charge in [-0.05, 0) is 30.1 Å². The van der Waals surface area contributed by atoms with Gasteiger partial charge in [-0.15, -0.1) is 11.3 Å². The van der Waals surface area contributed by atoms with Crippen LogP contribution in [0, 0.1) is 0 Å². The van der Waals surface area contributed by atoms with Crippen molar-refractivity contribution in [1.29, 1.82) is 0 Å². The molecule has 21 heavy (non-hydrogen) atoms. The maximum absolute atomic E-state index is 5.90. The van der Waals surface area contributed by atoms with Gasteiger partial charge in [0, 0.05) is 27.9 Å². The smallest absolute Gasteiger partial charge is 0.138 e. The van der Waals surface area contributed by atoms with Crippen LogP contribution in [0.2, 0.25) is 0 Å². The molecule has 0 atom stereocenters. The first kappa shape index (κ1) is 14.0. The van der Waals surface area contributed by atoms with Gasteiger partial charge >= 0.3 is 0 Å². The summed E-state index contributed by atoms with van der Waals surface area (Å²) in [7, 11) is 0. The molecule has 1 aromatic carbocycles. The second-order valence-corrected chi connectivity index (χ2v) is 5.89. The molecule has 0 aliphatic rings. The van der Waals surface area contributed by atoms with Crippen molar-refractivity contribution in [3.05, 3.63) is 59.2 Å². The molecule has 2 heterocycles. The highest BCUT2D eigenvalue weighted by Crippen LogP contribution is 2.32. The van der Waals surface area contributed by atoms with Crippen molar-refractivity contribution < 1.29 is 4.74 Å². The predicted octanol–water partition coefficient (Wildman–Crippen LogP) is 3.98. The highest BCUT2D eigenvalue weighted by Gasteiger charge is 2.12. The van der Waals surface area contributed by atoms with Crippen LogP contribution in [0.5, 0.6) is 5.75 Å². The van der Waals surface area contributed by atoms with Gasteiger partial charge in [-0.3, -0.25) is 4.98 Å². The molecule has 0 saturated carbocycles. The predicted molar refractivity (Wildman–Crippen MR) is 87.8 cm³/mol. The minimum atomic E-state index is 0.580. The topological polar surface area (TPSA) is 34.1 Å². The largest absolute Gasteiger partial charge is 0.487 e. The Hall–Kier alpha value is -1.91. The molecule has 0 amide bonds. The molecular weight excluding hydrogens is 280 g/mol. The van der Waals surface area contributed by atoms with Crippen molar-refractivity contribution in [3.63, 3.8) is 0 Å². The number of rotatable bonds is 6. The van der Waals surface area contributed by atoms with E-state index in [9.17, 15) is 0 Å². The summed E-state index contributed by atoms with van der Waals surface area (Å²) in [4.78, 5) is 5.43. The second-order valence-electron chi connectivity index (χ2n) is 4.76. The number of fused-ring (bicyclic) bond motifs is 1. The first-order chi connectivity index (χ1) is 10.4. The molecule has 4 heteroatoms. The summed E-state index contributed by atoms with van der Waals surface area (Å²) >= 11 is 1.84. The third kappa shape index (κ3) is 3.23. The molecular formula is C17H18N2OS. The molecule has 0 aliphatic carbocycles. The fraction of sp³-hybridized carbons (Fsp3) is 0.235. The summed E-state index contributed by atoms with van der Waals surface area (Å²) in [5.41, 5.74) is 1.28. The standard InChI is InChI=1S/C17H18N2OS/c1-2-18-11-17-15(12-20-13-6-5-9-19-10-13)14-7-3-4-8-16(14)21-17/h3-10,18H,2,11-12H2,1H3. The van der Waals surface area contributed by atoms with Gasteiger partial charge in [0.2, 0.25) is 0 Å². The number of hydrogen-bond acceptors (Lipinski definition) is 4. The first-order valence-corrected chi connectivity index (χ1v) is 7.93. The van der Waals surface area contributed by atoms with E-state index in [4.69, 9.17) is 4.74 Å². The molecule has 1 N–H and O–H groups in total. The van der Waals surface area contributed by atoms with Crippen molar-refractivity contribution in [3.8, 4) is 5.75 Å². The minimum absolute atomic E-state index is 0.580. The highest BCUT2D eigenvalue weighted by atomic mass is 32.1. The van der Waals surface area contributed by atoms with Crippen molar-refractivity contribution in [2.24, 2.45) is 0 Å². The zero-order valence-electron chi connectivity index (χ0n) is 12.0. The Morgan fingerprint density at radius 3 is 2.90 bits per heavy atom. The number of pyridine rings is 1. The third-order valence-corrected chi connectivity index (χ3v) is 4.55. The van der Waals surface area contributed by atoms with Gasteiger partial charge in [0.1, 0.15) is 12.4 Å². The second kappa shape index (κ2) is 6.70. The number of thiophene rings is 1. The average molecular weight is 298 g/mol. The monoisotopic (exact) mass is 298 g/mol. The molecule has 0 fully saturated rings. The Bertz CT molecular complexity index is 709. The van der Waals surface area contributed by atoms with Crippen molar-refractivity contribution >= 4 is 21.4 Å². The lowest BCUT2D eigenvalue weighted by atomic mass is 10.1. The maximum atomic E-state index is 5.90. The van der Waals surface area contributed by atoms with Crippen LogP contribution in [-0.2, 0) is 13.2 Å². The van der Waals surface area contributed by atoms with E-state index in [2.05, 4.69) is 41.5 Å². The van der Waals surface area contributed by atoms with Crippen LogP contribution in [0.25, 0.3) is 10.1 Å². The van der Waals surface area contributed by atoms with Gasteiger partial charge < -0.3 is 10.1 Å². The molecule has 3 rings (SSSR count). The van der Waals surface area contributed by atoms with Crippen LogP contribution in [-0.4, -0.2) is 11.5 Å². The lowest BCUT2D eigenvalue weighted by molar-refractivity contribution is 0.305. The van der Waals surface area contributed by atoms with Gasteiger partial charge in [-0.1, -0.05) is 25.1 Å². The number of nitrogens with one attached hydrogen (secondary N) is 1. The van der Waals surface area contributed by atoms with Gasteiger partial charge in [0.05, 0.1) is 6.20 Å². The van der Waals surface area contributed by atoms with Crippen LogP contribution >= 0.6 is 11.3 Å². The third-order valence-electron chi connectivity index (χ3n) is 3.34. The molecule has 2 aromatic heterocycles. The van der Waals surface area contributed by atoms with E-state index in [0.29, 0.717) is 6.61 Å². The van der Waals surface area contributed by atoms with Crippen LogP contribution < -0.4 is 10.1 Å². The fourth-order valence-corrected chi connectivity index (χ4v) is 3.46. The summed E-state index contributed by atoms with van der Waals surface area (Å²) in [6, 6.07) is 12.3. The zero-order valence-corrected chi connectivity index (χ0v) is 12.8. The fourth-order valence-electron chi connectivity index (χ4n) is 2.28. The number of ether oxygens (including phenoxy) is 1. The Balaban J connectivity index is 1.87. The van der Waals surface area contributed by atoms with E-state index in [0.717, 1.165) is 18.8 Å². The van der Waals surface area contributed by atoms with Gasteiger partial charge in [-0.2, -0.15) is 0 Å². The number of aromatic nitrogens is 1. The minimum Gasteiger partial charge on any atom is -0.487 e. The number of hydrogen-bond donors (Lipinski definition) is 1. The van der Waals surface area contributed by atoms with E-state index < -0.39 is 0 Å². The highest BCUT2D eigenvalue weighted by molar-refractivity contribution is 7.19. The molecule has 0 radical (unpaired) electrons. The van der Waals surface area contributed by atoms with Crippen LogP contribution in [0.3, 0.4) is 0 Å². The lowest BCUT2D eigenvalue weighted by Crippen LogP contribution is -2.12. The van der Waals surface area contributed by atoms with E-state index >= 15 is 0 Å². The summed E-state index contributed by atoms with van der Waals surface area (Å²) in [5, 5.41) is 4.70. The van der Waals surface area contributed by atoms with Crippen LogP contribution in [0.15, 0.2) is 48.8 Å². The lowest BCUT2D eigenvalue weighted by Gasteiger charge is -2.08. The summed E-state index contributed by atoms with van der Waals surface area (Å²) < 4.78 is 7.21. The Morgan fingerprint density at radius 2 is 2.10 bits per heavy atom. The molecule has 0 spiro atoms. The molecule has 0 aliphatic heterocycles. The van der Waals surface area contributed by atoms with Crippen LogP contribution in [0.1, 0.15) is 17.4 Å². The van der Waals surface area contributed by atoms with Gasteiger partial charge in [0.15, 0.2) is 0 Å². The summed E-state index contributed by atoms with van der Waals surface area (Å²) in [5.74, 6) is 0.808. The van der Waals surface area contributed by atoms with Crippen molar-refractivity contribution in [1.82, 2.24) is 10.3 Å². The average Bonchev–Trinajstić information content (AvgIpc) is 2.89. The quantitative estimate of drug-likeness (QED) is 0.747. The van der Waals surface area contributed by atoms with Crippen LogP contribution in [0.4, 0.5) is 0 Å². The molecule has 0 saturated heterocycles. The molecule has 3 aromatic rings. The maximum Gasteiger partial charge on any atom is 0.138 e. The van der Waals surface area contributed by atoms with E-state index in [1.165, 1.54) is 20.5 Å². The Kier molecular flexibility index (Phi) is 4.48. The first-order valence-electron chi connectivity index (χ1n) is 7.11. The Morgan fingerprint density at radius 1 is 1.19 bits per heavy atom.